The molecule has 0 N–H and O–H groups in total. The highest BCUT2D eigenvalue weighted by Gasteiger charge is 2.62. The third kappa shape index (κ3) is 2.07. The molecule has 3 fully saturated rings. The summed E-state index contributed by atoms with van der Waals surface area (Å²) >= 11 is 0. The van der Waals surface area contributed by atoms with E-state index in [1.54, 1.807) is 0 Å². The maximum Gasteiger partial charge on any atom is 0.225 e. The van der Waals surface area contributed by atoms with Crippen LogP contribution in [0.5, 0.6) is 0 Å². The topological polar surface area (TPSA) is 29.5 Å². The van der Waals surface area contributed by atoms with Crippen molar-refractivity contribution in [1.29, 1.82) is 0 Å². The molecule has 1 aliphatic heterocycles. The van der Waals surface area contributed by atoms with Gasteiger partial charge in [-0.15, -0.1) is 0 Å². The number of rotatable bonds is 4. The fourth-order valence-corrected chi connectivity index (χ4v) is 3.53. The number of carbonyl (C=O) groups is 1. The van der Waals surface area contributed by atoms with E-state index in [1.807, 2.05) is 6.92 Å². The van der Waals surface area contributed by atoms with Crippen molar-refractivity contribution in [3.05, 3.63) is 0 Å². The van der Waals surface area contributed by atoms with Crippen LogP contribution in [0.15, 0.2) is 0 Å². The molecular weight excluding hydrogens is 226 g/mol. The molecule has 2 saturated carbocycles. The number of likely N-dealkylation sites (tertiary alicyclic amines) is 1. The number of hydrogen-bond acceptors (Lipinski definition) is 2. The lowest BCUT2D eigenvalue weighted by molar-refractivity contribution is -0.135. The Hall–Kier alpha value is -0.570. The van der Waals surface area contributed by atoms with Gasteiger partial charge in [-0.1, -0.05) is 13.8 Å². The first-order valence-electron chi connectivity index (χ1n) is 7.27. The van der Waals surface area contributed by atoms with Gasteiger partial charge >= 0.3 is 0 Å². The molecule has 18 heavy (non-hydrogen) atoms. The molecule has 2 aliphatic carbocycles. The molecule has 0 aromatic carbocycles. The van der Waals surface area contributed by atoms with Crippen molar-refractivity contribution in [3.63, 3.8) is 0 Å². The smallest absolute Gasteiger partial charge is 0.225 e. The Labute approximate surface area is 110 Å². The van der Waals surface area contributed by atoms with Crippen LogP contribution in [0.1, 0.15) is 47.0 Å². The van der Waals surface area contributed by atoms with E-state index in [1.165, 1.54) is 0 Å². The first-order valence-corrected chi connectivity index (χ1v) is 7.27. The van der Waals surface area contributed by atoms with Crippen molar-refractivity contribution in [3.8, 4) is 0 Å². The summed E-state index contributed by atoms with van der Waals surface area (Å²) in [7, 11) is 0. The van der Waals surface area contributed by atoms with Gasteiger partial charge in [-0.05, 0) is 43.9 Å². The van der Waals surface area contributed by atoms with Crippen molar-refractivity contribution < 1.29 is 9.53 Å². The second kappa shape index (κ2) is 3.72. The number of piperidine rings is 1. The summed E-state index contributed by atoms with van der Waals surface area (Å²) in [5.74, 6) is 1.78. The van der Waals surface area contributed by atoms with E-state index in [4.69, 9.17) is 4.74 Å². The molecule has 0 radical (unpaired) electrons. The largest absolute Gasteiger partial charge is 0.372 e. The van der Waals surface area contributed by atoms with Gasteiger partial charge in [0.05, 0.1) is 18.1 Å². The summed E-state index contributed by atoms with van der Waals surface area (Å²) in [5.41, 5.74) is 0.565. The van der Waals surface area contributed by atoms with E-state index < -0.39 is 0 Å². The maximum absolute atomic E-state index is 12.2. The summed E-state index contributed by atoms with van der Waals surface area (Å²) in [5, 5.41) is 0. The summed E-state index contributed by atoms with van der Waals surface area (Å²) in [6, 6.07) is 0. The fourth-order valence-electron chi connectivity index (χ4n) is 3.53. The Kier molecular flexibility index (Phi) is 2.58. The van der Waals surface area contributed by atoms with E-state index >= 15 is 0 Å². The standard InChI is InChI=1S/C15H25NO2/c1-10(18-15(4)5-6-15)7-13(17)16-8-11-12(9-16)14(11,2)3/h10-12H,5-9H2,1-4H3/t10-,11-,12+/m1/s1. The Bertz CT molecular complexity index is 359. The number of hydrogen-bond donors (Lipinski definition) is 0. The predicted octanol–water partition coefficient (Wildman–Crippen LogP) is 2.45. The fraction of sp³-hybridized carbons (Fsp3) is 0.933. The molecule has 1 heterocycles. The molecule has 102 valence electrons. The molecule has 0 unspecified atom stereocenters. The van der Waals surface area contributed by atoms with Crippen molar-refractivity contribution in [2.45, 2.75) is 58.7 Å². The normalized spacial score (nSPS) is 36.1. The molecule has 0 spiro atoms. The van der Waals surface area contributed by atoms with Gasteiger partial charge in [-0.3, -0.25) is 4.79 Å². The second-order valence-electron chi connectivity index (χ2n) is 7.42. The van der Waals surface area contributed by atoms with E-state index in [2.05, 4.69) is 25.7 Å². The first-order chi connectivity index (χ1) is 8.32. The lowest BCUT2D eigenvalue weighted by atomic mass is 10.1. The average molecular weight is 251 g/mol. The minimum Gasteiger partial charge on any atom is -0.372 e. The van der Waals surface area contributed by atoms with Gasteiger partial charge in [-0.25, -0.2) is 0 Å². The van der Waals surface area contributed by atoms with Crippen LogP contribution in [0.4, 0.5) is 0 Å². The van der Waals surface area contributed by atoms with Crippen LogP contribution >= 0.6 is 0 Å². The SMILES string of the molecule is C[C@H](CC(=O)N1C[C@@H]2[C@H](C1)C2(C)C)OC1(C)CC1. The minimum atomic E-state index is 0.0648. The number of carbonyl (C=O) groups excluding carboxylic acids is 1. The molecular formula is C15H25NO2. The third-order valence-corrected chi connectivity index (χ3v) is 5.38. The third-order valence-electron chi connectivity index (χ3n) is 5.38. The highest BCUT2D eigenvalue weighted by molar-refractivity contribution is 5.77. The van der Waals surface area contributed by atoms with Crippen molar-refractivity contribution >= 4 is 5.91 Å². The van der Waals surface area contributed by atoms with Crippen LogP contribution in [-0.4, -0.2) is 35.6 Å². The number of fused-ring (bicyclic) bond motifs is 1. The van der Waals surface area contributed by atoms with Gasteiger partial charge in [0.1, 0.15) is 0 Å². The zero-order valence-electron chi connectivity index (χ0n) is 12.0. The van der Waals surface area contributed by atoms with Gasteiger partial charge in [0.15, 0.2) is 0 Å². The van der Waals surface area contributed by atoms with E-state index in [0.717, 1.165) is 37.8 Å². The summed E-state index contributed by atoms with van der Waals surface area (Å²) < 4.78 is 5.91. The maximum atomic E-state index is 12.2. The van der Waals surface area contributed by atoms with Crippen LogP contribution in [0.3, 0.4) is 0 Å². The van der Waals surface area contributed by atoms with Crippen LogP contribution in [0.2, 0.25) is 0 Å². The monoisotopic (exact) mass is 251 g/mol. The molecule has 3 rings (SSSR count). The number of nitrogens with zero attached hydrogens (tertiary/aromatic N) is 1. The van der Waals surface area contributed by atoms with Gasteiger partial charge in [0.2, 0.25) is 5.91 Å². The zero-order chi connectivity index (χ0) is 13.1. The highest BCUT2D eigenvalue weighted by Crippen LogP contribution is 2.62. The van der Waals surface area contributed by atoms with E-state index in [9.17, 15) is 4.79 Å². The van der Waals surface area contributed by atoms with Crippen LogP contribution in [0, 0.1) is 17.3 Å². The predicted molar refractivity (Wildman–Crippen MR) is 70.1 cm³/mol. The Balaban J connectivity index is 1.45. The Morgan fingerprint density at radius 2 is 1.83 bits per heavy atom. The Morgan fingerprint density at radius 3 is 2.33 bits per heavy atom. The molecule has 0 aromatic heterocycles. The van der Waals surface area contributed by atoms with E-state index in [-0.39, 0.29) is 17.6 Å². The Morgan fingerprint density at radius 1 is 1.28 bits per heavy atom. The number of amides is 1. The molecule has 3 aliphatic rings. The van der Waals surface area contributed by atoms with Crippen LogP contribution in [0.25, 0.3) is 0 Å². The molecule has 1 saturated heterocycles. The van der Waals surface area contributed by atoms with Gasteiger partial charge < -0.3 is 9.64 Å². The molecule has 3 nitrogen and oxygen atoms in total. The highest BCUT2D eigenvalue weighted by atomic mass is 16.5. The molecule has 0 bridgehead atoms. The average Bonchev–Trinajstić information content (AvgIpc) is 2.99. The van der Waals surface area contributed by atoms with E-state index in [0.29, 0.717) is 11.8 Å². The van der Waals surface area contributed by atoms with Crippen molar-refractivity contribution in [2.75, 3.05) is 13.1 Å². The zero-order valence-corrected chi connectivity index (χ0v) is 12.0. The van der Waals surface area contributed by atoms with Gasteiger partial charge in [-0.2, -0.15) is 0 Å². The molecule has 1 amide bonds. The summed E-state index contributed by atoms with van der Waals surface area (Å²) in [6.45, 7) is 10.8. The van der Waals surface area contributed by atoms with Crippen LogP contribution < -0.4 is 0 Å². The molecule has 0 aromatic rings. The lowest BCUT2D eigenvalue weighted by Crippen LogP contribution is -2.35. The van der Waals surface area contributed by atoms with Crippen molar-refractivity contribution in [1.82, 2.24) is 4.90 Å². The van der Waals surface area contributed by atoms with Crippen LogP contribution in [-0.2, 0) is 9.53 Å². The molecule has 3 atom stereocenters. The quantitative estimate of drug-likeness (QED) is 0.768. The minimum absolute atomic E-state index is 0.0648. The lowest BCUT2D eigenvalue weighted by Gasteiger charge is -2.25. The second-order valence-corrected chi connectivity index (χ2v) is 7.42. The van der Waals surface area contributed by atoms with Gasteiger partial charge in [0.25, 0.3) is 0 Å². The number of ether oxygens (including phenoxy) is 1. The summed E-state index contributed by atoms with van der Waals surface area (Å²) in [4.78, 5) is 14.2. The summed E-state index contributed by atoms with van der Waals surface area (Å²) in [6.07, 6.45) is 2.91. The van der Waals surface area contributed by atoms with Crippen molar-refractivity contribution in [2.24, 2.45) is 17.3 Å². The first kappa shape index (κ1) is 12.5. The molecule has 3 heteroatoms. The van der Waals surface area contributed by atoms with Gasteiger partial charge in [0, 0.05) is 13.1 Å².